The lowest BCUT2D eigenvalue weighted by molar-refractivity contribution is -0.0892. The molecule has 0 radical (unpaired) electrons. The third-order valence-electron chi connectivity index (χ3n) is 3.87. The molecule has 0 aromatic heterocycles. The normalized spacial score (nSPS) is 15.1. The van der Waals surface area contributed by atoms with Gasteiger partial charge < -0.3 is 9.84 Å². The Morgan fingerprint density at radius 1 is 1.18 bits per heavy atom. The van der Waals surface area contributed by atoms with Crippen molar-refractivity contribution in [2.45, 2.75) is 32.2 Å². The maximum Gasteiger partial charge on any atom is 0.136 e. The van der Waals surface area contributed by atoms with Crippen LogP contribution in [0.15, 0.2) is 66.7 Å². The van der Waals surface area contributed by atoms with Crippen LogP contribution >= 0.6 is 0 Å². The van der Waals surface area contributed by atoms with E-state index in [0.29, 0.717) is 17.7 Å². The monoisotopic (exact) mass is 300 g/mol. The molecule has 2 unspecified atom stereocenters. The Balaban J connectivity index is 2.19. The molecule has 2 aromatic rings. The Morgan fingerprint density at radius 3 is 2.32 bits per heavy atom. The van der Waals surface area contributed by atoms with Crippen molar-refractivity contribution < 1.29 is 14.2 Å². The Labute approximate surface area is 130 Å². The van der Waals surface area contributed by atoms with Crippen molar-refractivity contribution >= 4 is 0 Å². The molecule has 0 saturated carbocycles. The molecular weight excluding hydrogens is 279 g/mol. The highest BCUT2D eigenvalue weighted by molar-refractivity contribution is 5.32. The Morgan fingerprint density at radius 2 is 1.77 bits per heavy atom. The van der Waals surface area contributed by atoms with E-state index in [1.165, 1.54) is 12.1 Å². The first-order valence-electron chi connectivity index (χ1n) is 7.24. The molecule has 0 bridgehead atoms. The van der Waals surface area contributed by atoms with Crippen molar-refractivity contribution in [2.24, 2.45) is 0 Å². The van der Waals surface area contributed by atoms with E-state index < -0.39 is 11.7 Å². The lowest BCUT2D eigenvalue weighted by Gasteiger charge is -2.35. The van der Waals surface area contributed by atoms with Gasteiger partial charge in [0, 0.05) is 0 Å². The summed E-state index contributed by atoms with van der Waals surface area (Å²) in [5, 5.41) is 11.1. The molecular formula is C19H21FO2. The van der Waals surface area contributed by atoms with Gasteiger partial charge in [0.05, 0.1) is 12.7 Å². The van der Waals surface area contributed by atoms with Gasteiger partial charge in [0.1, 0.15) is 11.4 Å². The second-order valence-corrected chi connectivity index (χ2v) is 5.49. The van der Waals surface area contributed by atoms with Crippen LogP contribution in [0.4, 0.5) is 4.39 Å². The van der Waals surface area contributed by atoms with Crippen molar-refractivity contribution in [3.63, 3.8) is 0 Å². The van der Waals surface area contributed by atoms with Crippen LogP contribution in [0.5, 0.6) is 0 Å². The zero-order chi connectivity index (χ0) is 16.2. The lowest BCUT2D eigenvalue weighted by atomic mass is 9.83. The molecule has 0 fully saturated rings. The molecule has 116 valence electrons. The van der Waals surface area contributed by atoms with Crippen molar-refractivity contribution in [3.8, 4) is 0 Å². The van der Waals surface area contributed by atoms with E-state index in [1.54, 1.807) is 26.0 Å². The number of aliphatic hydroxyl groups is 1. The molecule has 3 heteroatoms. The number of ether oxygens (including phenoxy) is 1. The van der Waals surface area contributed by atoms with Gasteiger partial charge in [-0.05, 0) is 42.7 Å². The molecule has 0 aliphatic rings. The maximum absolute atomic E-state index is 13.1. The minimum absolute atomic E-state index is 0.342. The van der Waals surface area contributed by atoms with Gasteiger partial charge in [0.25, 0.3) is 0 Å². The molecule has 0 saturated heterocycles. The average Bonchev–Trinajstić information content (AvgIpc) is 2.53. The van der Waals surface area contributed by atoms with Gasteiger partial charge >= 0.3 is 0 Å². The summed E-state index contributed by atoms with van der Waals surface area (Å²) in [7, 11) is 0. The summed E-state index contributed by atoms with van der Waals surface area (Å²) < 4.78 is 18.9. The summed E-state index contributed by atoms with van der Waals surface area (Å²) in [5.74, 6) is -0.342. The van der Waals surface area contributed by atoms with Gasteiger partial charge in [-0.25, -0.2) is 4.39 Å². The van der Waals surface area contributed by atoms with Crippen LogP contribution in [-0.4, -0.2) is 11.2 Å². The van der Waals surface area contributed by atoms with Crippen LogP contribution in [-0.2, 0) is 16.9 Å². The Kier molecular flexibility index (Phi) is 5.11. The van der Waals surface area contributed by atoms with Crippen LogP contribution in [0, 0.1) is 5.82 Å². The summed E-state index contributed by atoms with van der Waals surface area (Å²) in [6.45, 7) is 7.80. The van der Waals surface area contributed by atoms with Gasteiger partial charge in [0.2, 0.25) is 0 Å². The number of halogens is 1. The number of hydrogen-bond acceptors (Lipinski definition) is 2. The van der Waals surface area contributed by atoms with E-state index in [4.69, 9.17) is 4.74 Å². The second-order valence-electron chi connectivity index (χ2n) is 5.49. The molecule has 2 rings (SSSR count). The predicted molar refractivity (Wildman–Crippen MR) is 85.8 cm³/mol. The van der Waals surface area contributed by atoms with E-state index >= 15 is 0 Å². The molecule has 0 amide bonds. The molecule has 22 heavy (non-hydrogen) atoms. The third kappa shape index (κ3) is 3.43. The van der Waals surface area contributed by atoms with Gasteiger partial charge in [-0.2, -0.15) is 0 Å². The molecule has 1 N–H and O–H groups in total. The smallest absolute Gasteiger partial charge is 0.136 e. The summed E-state index contributed by atoms with van der Waals surface area (Å²) >= 11 is 0. The molecule has 0 aliphatic carbocycles. The van der Waals surface area contributed by atoms with Gasteiger partial charge in [-0.15, -0.1) is 0 Å². The van der Waals surface area contributed by atoms with E-state index in [-0.39, 0.29) is 5.82 Å². The first-order valence-corrected chi connectivity index (χ1v) is 7.24. The summed E-state index contributed by atoms with van der Waals surface area (Å²) in [6.07, 6.45) is -0.518. The first-order chi connectivity index (χ1) is 10.4. The lowest BCUT2D eigenvalue weighted by Crippen LogP contribution is -2.40. The van der Waals surface area contributed by atoms with Crippen LogP contribution in [0.3, 0.4) is 0 Å². The fraction of sp³-hybridized carbons (Fsp3) is 0.263. The van der Waals surface area contributed by atoms with Crippen LogP contribution in [0.2, 0.25) is 0 Å². The second kappa shape index (κ2) is 6.86. The van der Waals surface area contributed by atoms with Crippen LogP contribution in [0.1, 0.15) is 25.0 Å². The first kappa shape index (κ1) is 16.4. The molecule has 0 heterocycles. The predicted octanol–water partition coefficient (Wildman–Crippen LogP) is 4.19. The van der Waals surface area contributed by atoms with Crippen molar-refractivity contribution in [3.05, 3.63) is 83.7 Å². The minimum Gasteiger partial charge on any atom is -0.378 e. The Hall–Kier alpha value is -1.97. The molecule has 0 aliphatic heterocycles. The summed E-state index contributed by atoms with van der Waals surface area (Å²) in [6, 6.07) is 15.5. The topological polar surface area (TPSA) is 29.5 Å². The van der Waals surface area contributed by atoms with Gasteiger partial charge in [-0.1, -0.05) is 49.0 Å². The fourth-order valence-electron chi connectivity index (χ4n) is 2.45. The molecule has 0 spiro atoms. The average molecular weight is 300 g/mol. The van der Waals surface area contributed by atoms with E-state index in [0.717, 1.165) is 5.56 Å². The fourth-order valence-corrected chi connectivity index (χ4v) is 2.45. The zero-order valence-electron chi connectivity index (χ0n) is 12.9. The van der Waals surface area contributed by atoms with Crippen molar-refractivity contribution in [2.75, 3.05) is 0 Å². The number of benzene rings is 2. The Bertz CT molecular complexity index is 622. The summed E-state index contributed by atoms with van der Waals surface area (Å²) in [4.78, 5) is 0. The molecule has 2 atom stereocenters. The summed E-state index contributed by atoms with van der Waals surface area (Å²) in [5.41, 5.74) is 0.793. The standard InChI is InChI=1S/C19H21FO2/c1-14(2)19(21,17-9-11-18(20)12-10-17)15(3)22-13-16-7-5-4-6-8-16/h4-12,15,21H,1,13H2,2-3H3. The van der Waals surface area contributed by atoms with E-state index in [1.807, 2.05) is 30.3 Å². The molecule has 2 nitrogen and oxygen atoms in total. The molecule has 2 aromatic carbocycles. The van der Waals surface area contributed by atoms with Crippen LogP contribution < -0.4 is 0 Å². The highest BCUT2D eigenvalue weighted by atomic mass is 19.1. The highest BCUT2D eigenvalue weighted by Gasteiger charge is 2.37. The van der Waals surface area contributed by atoms with Crippen molar-refractivity contribution in [1.82, 2.24) is 0 Å². The quantitative estimate of drug-likeness (QED) is 0.810. The zero-order valence-corrected chi connectivity index (χ0v) is 12.9. The minimum atomic E-state index is -1.36. The number of hydrogen-bond donors (Lipinski definition) is 1. The third-order valence-corrected chi connectivity index (χ3v) is 3.87. The van der Waals surface area contributed by atoms with E-state index in [2.05, 4.69) is 6.58 Å². The van der Waals surface area contributed by atoms with Crippen LogP contribution in [0.25, 0.3) is 0 Å². The van der Waals surface area contributed by atoms with E-state index in [9.17, 15) is 9.50 Å². The highest BCUT2D eigenvalue weighted by Crippen LogP contribution is 2.34. The largest absolute Gasteiger partial charge is 0.378 e. The van der Waals surface area contributed by atoms with Crippen molar-refractivity contribution in [1.29, 1.82) is 0 Å². The number of rotatable bonds is 6. The SMILES string of the molecule is C=C(C)C(O)(c1ccc(F)cc1)C(C)OCc1ccccc1. The van der Waals surface area contributed by atoms with Gasteiger partial charge in [0.15, 0.2) is 0 Å². The maximum atomic E-state index is 13.1. The van der Waals surface area contributed by atoms with Gasteiger partial charge in [-0.3, -0.25) is 0 Å².